The molecule has 6 heteroatoms. The number of carbonyl (C=O) groups is 1. The molecule has 0 aliphatic carbocycles. The van der Waals surface area contributed by atoms with Crippen molar-refractivity contribution in [3.8, 4) is 0 Å². The number of benzene rings is 1. The Morgan fingerprint density at radius 1 is 1.36 bits per heavy atom. The first-order valence-electron chi connectivity index (χ1n) is 8.90. The SMILES string of the molecule is CC1COCCN1C(=O)NCc1nccn1CCCc1ccccc1. The van der Waals surface area contributed by atoms with Crippen molar-refractivity contribution < 1.29 is 9.53 Å². The van der Waals surface area contributed by atoms with E-state index in [9.17, 15) is 4.79 Å². The van der Waals surface area contributed by atoms with Crippen LogP contribution in [0.25, 0.3) is 0 Å². The Kier molecular flexibility index (Phi) is 6.06. The molecule has 2 aromatic rings. The van der Waals surface area contributed by atoms with E-state index in [0.717, 1.165) is 25.2 Å². The molecule has 1 fully saturated rings. The van der Waals surface area contributed by atoms with Crippen molar-refractivity contribution in [2.75, 3.05) is 19.8 Å². The molecule has 0 bridgehead atoms. The van der Waals surface area contributed by atoms with Crippen LogP contribution in [0.4, 0.5) is 4.79 Å². The van der Waals surface area contributed by atoms with Crippen LogP contribution in [0.3, 0.4) is 0 Å². The maximum Gasteiger partial charge on any atom is 0.318 e. The number of nitrogens with one attached hydrogen (secondary N) is 1. The first-order chi connectivity index (χ1) is 12.2. The van der Waals surface area contributed by atoms with E-state index in [1.807, 2.05) is 24.1 Å². The van der Waals surface area contributed by atoms with Gasteiger partial charge in [-0.15, -0.1) is 0 Å². The van der Waals surface area contributed by atoms with Crippen molar-refractivity contribution in [2.45, 2.75) is 38.9 Å². The number of ether oxygens (including phenoxy) is 1. The summed E-state index contributed by atoms with van der Waals surface area (Å²) < 4.78 is 7.49. The molecule has 0 radical (unpaired) electrons. The number of hydrogen-bond donors (Lipinski definition) is 1. The fourth-order valence-electron chi connectivity index (χ4n) is 3.09. The van der Waals surface area contributed by atoms with Crippen LogP contribution in [-0.4, -0.2) is 46.3 Å². The molecule has 2 heterocycles. The quantitative estimate of drug-likeness (QED) is 0.877. The van der Waals surface area contributed by atoms with Crippen LogP contribution in [0.15, 0.2) is 42.7 Å². The molecule has 1 N–H and O–H groups in total. The first kappa shape index (κ1) is 17.5. The number of urea groups is 1. The summed E-state index contributed by atoms with van der Waals surface area (Å²) in [5.41, 5.74) is 1.35. The molecule has 6 nitrogen and oxygen atoms in total. The van der Waals surface area contributed by atoms with Gasteiger partial charge >= 0.3 is 6.03 Å². The zero-order chi connectivity index (χ0) is 17.5. The van der Waals surface area contributed by atoms with Gasteiger partial charge in [-0.25, -0.2) is 9.78 Å². The fraction of sp³-hybridized carbons (Fsp3) is 0.474. The van der Waals surface area contributed by atoms with E-state index < -0.39 is 0 Å². The van der Waals surface area contributed by atoms with E-state index >= 15 is 0 Å². The van der Waals surface area contributed by atoms with E-state index in [0.29, 0.717) is 26.3 Å². The third kappa shape index (κ3) is 4.82. The Balaban J connectivity index is 1.47. The zero-order valence-corrected chi connectivity index (χ0v) is 14.7. The van der Waals surface area contributed by atoms with Crippen LogP contribution >= 0.6 is 0 Å². The highest BCUT2D eigenvalue weighted by Gasteiger charge is 2.23. The Morgan fingerprint density at radius 3 is 3.00 bits per heavy atom. The number of imidazole rings is 1. The van der Waals surface area contributed by atoms with Crippen molar-refractivity contribution >= 4 is 6.03 Å². The lowest BCUT2D eigenvalue weighted by molar-refractivity contribution is 0.0189. The Labute approximate surface area is 148 Å². The molecule has 1 atom stereocenters. The molecule has 1 aliphatic rings. The fourth-order valence-corrected chi connectivity index (χ4v) is 3.09. The lowest BCUT2D eigenvalue weighted by atomic mass is 10.1. The van der Waals surface area contributed by atoms with E-state index in [1.165, 1.54) is 5.56 Å². The second-order valence-corrected chi connectivity index (χ2v) is 6.40. The number of morpholine rings is 1. The zero-order valence-electron chi connectivity index (χ0n) is 14.7. The number of hydrogen-bond acceptors (Lipinski definition) is 3. The second kappa shape index (κ2) is 8.67. The van der Waals surface area contributed by atoms with Crippen molar-refractivity contribution in [1.29, 1.82) is 0 Å². The van der Waals surface area contributed by atoms with E-state index in [-0.39, 0.29) is 12.1 Å². The van der Waals surface area contributed by atoms with E-state index in [4.69, 9.17) is 4.74 Å². The Bertz CT molecular complexity index is 671. The number of aromatic nitrogens is 2. The van der Waals surface area contributed by atoms with E-state index in [1.54, 1.807) is 6.20 Å². The molecule has 1 aromatic heterocycles. The van der Waals surface area contributed by atoms with Crippen LogP contribution in [-0.2, 0) is 24.2 Å². The smallest absolute Gasteiger partial charge is 0.318 e. The normalized spacial score (nSPS) is 17.5. The molecule has 1 aromatic carbocycles. The molecule has 0 saturated carbocycles. The molecule has 1 unspecified atom stereocenters. The van der Waals surface area contributed by atoms with Crippen LogP contribution in [0.2, 0.25) is 0 Å². The van der Waals surface area contributed by atoms with Gasteiger partial charge in [0.15, 0.2) is 0 Å². The number of nitrogens with zero attached hydrogens (tertiary/aromatic N) is 3. The average molecular weight is 342 g/mol. The van der Waals surface area contributed by atoms with Crippen LogP contribution in [0.5, 0.6) is 0 Å². The van der Waals surface area contributed by atoms with Gasteiger partial charge in [0.25, 0.3) is 0 Å². The molecular formula is C19H26N4O2. The molecule has 2 amide bonds. The maximum absolute atomic E-state index is 12.3. The minimum Gasteiger partial charge on any atom is -0.377 e. The largest absolute Gasteiger partial charge is 0.377 e. The average Bonchev–Trinajstić information content (AvgIpc) is 3.08. The third-order valence-corrected chi connectivity index (χ3v) is 4.54. The van der Waals surface area contributed by atoms with Gasteiger partial charge in [-0.2, -0.15) is 0 Å². The van der Waals surface area contributed by atoms with Crippen LogP contribution in [0, 0.1) is 0 Å². The third-order valence-electron chi connectivity index (χ3n) is 4.54. The van der Waals surface area contributed by atoms with Gasteiger partial charge in [0.2, 0.25) is 0 Å². The molecular weight excluding hydrogens is 316 g/mol. The number of amides is 2. The number of carbonyl (C=O) groups excluding carboxylic acids is 1. The summed E-state index contributed by atoms with van der Waals surface area (Å²) in [7, 11) is 0. The van der Waals surface area contributed by atoms with Crippen molar-refractivity contribution in [3.63, 3.8) is 0 Å². The highest BCUT2D eigenvalue weighted by molar-refractivity contribution is 5.74. The molecule has 1 aliphatic heterocycles. The highest BCUT2D eigenvalue weighted by atomic mass is 16.5. The summed E-state index contributed by atoms with van der Waals surface area (Å²) in [5, 5.41) is 2.98. The predicted molar refractivity (Wildman–Crippen MR) is 96.2 cm³/mol. The minimum absolute atomic E-state index is 0.0466. The summed E-state index contributed by atoms with van der Waals surface area (Å²) in [6.45, 7) is 5.19. The summed E-state index contributed by atoms with van der Waals surface area (Å²) in [6, 6.07) is 10.5. The summed E-state index contributed by atoms with van der Waals surface area (Å²) in [5.74, 6) is 0.891. The summed E-state index contributed by atoms with van der Waals surface area (Å²) >= 11 is 0. The van der Waals surface area contributed by atoms with E-state index in [2.05, 4.69) is 39.1 Å². The molecule has 0 spiro atoms. The lowest BCUT2D eigenvalue weighted by Crippen LogP contribution is -2.51. The molecule has 134 valence electrons. The van der Waals surface area contributed by atoms with Crippen LogP contribution < -0.4 is 5.32 Å². The van der Waals surface area contributed by atoms with Gasteiger partial charge in [0.1, 0.15) is 5.82 Å². The molecule has 25 heavy (non-hydrogen) atoms. The van der Waals surface area contributed by atoms with Gasteiger partial charge in [0, 0.05) is 25.5 Å². The highest BCUT2D eigenvalue weighted by Crippen LogP contribution is 2.08. The van der Waals surface area contributed by atoms with Gasteiger partial charge in [-0.1, -0.05) is 30.3 Å². The lowest BCUT2D eigenvalue weighted by Gasteiger charge is -2.33. The van der Waals surface area contributed by atoms with Gasteiger partial charge in [-0.05, 0) is 25.3 Å². The van der Waals surface area contributed by atoms with Crippen LogP contribution in [0.1, 0.15) is 24.7 Å². The standard InChI is InChI=1S/C19H26N4O2/c1-16-15-25-13-12-23(16)19(24)21-14-18-20-9-11-22(18)10-5-8-17-6-3-2-4-7-17/h2-4,6-7,9,11,16H,5,8,10,12-15H2,1H3,(H,21,24). The van der Waals surface area contributed by atoms with Gasteiger partial charge in [-0.3, -0.25) is 0 Å². The number of rotatable bonds is 6. The monoisotopic (exact) mass is 342 g/mol. The second-order valence-electron chi connectivity index (χ2n) is 6.40. The Morgan fingerprint density at radius 2 is 2.20 bits per heavy atom. The van der Waals surface area contributed by atoms with Crippen molar-refractivity contribution in [2.24, 2.45) is 0 Å². The summed E-state index contributed by atoms with van der Waals surface area (Å²) in [4.78, 5) is 18.5. The topological polar surface area (TPSA) is 59.4 Å². The van der Waals surface area contributed by atoms with Crippen molar-refractivity contribution in [1.82, 2.24) is 19.8 Å². The summed E-state index contributed by atoms with van der Waals surface area (Å²) in [6.07, 6.45) is 5.85. The molecule has 3 rings (SSSR count). The number of aryl methyl sites for hydroxylation is 2. The molecule has 1 saturated heterocycles. The van der Waals surface area contributed by atoms with Gasteiger partial charge in [0.05, 0.1) is 25.8 Å². The first-order valence-corrected chi connectivity index (χ1v) is 8.90. The predicted octanol–water partition coefficient (Wildman–Crippen LogP) is 2.45. The van der Waals surface area contributed by atoms with Crippen molar-refractivity contribution in [3.05, 3.63) is 54.1 Å². The minimum atomic E-state index is -0.0466. The Hall–Kier alpha value is -2.34. The maximum atomic E-state index is 12.3. The van der Waals surface area contributed by atoms with Gasteiger partial charge < -0.3 is 19.5 Å².